The first-order valence-corrected chi connectivity index (χ1v) is 15.6. The van der Waals surface area contributed by atoms with Crippen molar-refractivity contribution >= 4 is 40.9 Å². The molecule has 0 aliphatic carbocycles. The molecule has 0 radical (unpaired) electrons. The number of hydrogen-bond donors (Lipinski definition) is 1. The Bertz CT molecular complexity index is 1150. The number of thioether (sulfide) groups is 1. The van der Waals surface area contributed by atoms with Crippen LogP contribution in [0.2, 0.25) is 0 Å². The standard InChI is InChI=1S/C31H41N3O5S/c1-3-32(4-2)22-13-15-23(16-14-22)33-19-11-17-31-26(25-24(40-31)12-7-5-10-21-39-30(25)38)28(36)34(27(31)29(33)37)18-8-6-9-20-35/h7,11-17,24-27,35H,3-6,8-10,18-21H2,1-2H3/b12-7-/t24-,25+,26-,27?,31-/m0/s1. The lowest BCUT2D eigenvalue weighted by Gasteiger charge is -2.35. The van der Waals surface area contributed by atoms with Gasteiger partial charge in [0.15, 0.2) is 0 Å². The molecule has 1 aromatic carbocycles. The number of rotatable bonds is 9. The molecule has 0 saturated carbocycles. The fraction of sp³-hybridized carbons (Fsp3) is 0.581. The number of benzene rings is 1. The van der Waals surface area contributed by atoms with Gasteiger partial charge in [0, 0.05) is 49.4 Å². The third kappa shape index (κ3) is 5.07. The van der Waals surface area contributed by atoms with E-state index in [1.54, 1.807) is 21.6 Å². The molecule has 4 aliphatic heterocycles. The molecule has 9 heteroatoms. The van der Waals surface area contributed by atoms with Gasteiger partial charge < -0.3 is 24.5 Å². The number of hydrogen-bond acceptors (Lipinski definition) is 7. The molecule has 1 N–H and O–H groups in total. The third-order valence-electron chi connectivity index (χ3n) is 8.70. The number of aliphatic hydroxyl groups excluding tert-OH is 1. The normalized spacial score (nSPS) is 30.5. The van der Waals surface area contributed by atoms with Gasteiger partial charge in [-0.05, 0) is 70.2 Å². The summed E-state index contributed by atoms with van der Waals surface area (Å²) in [7, 11) is 0. The fourth-order valence-electron chi connectivity index (χ4n) is 6.73. The number of ether oxygens (including phenoxy) is 1. The van der Waals surface area contributed by atoms with Crippen molar-refractivity contribution in [2.24, 2.45) is 11.8 Å². The molecule has 1 unspecified atom stereocenters. The second-order valence-electron chi connectivity index (χ2n) is 10.9. The molecule has 2 saturated heterocycles. The van der Waals surface area contributed by atoms with Crippen LogP contribution in [0.5, 0.6) is 0 Å². The fourth-order valence-corrected chi connectivity index (χ4v) is 8.73. The number of nitrogens with zero attached hydrogens (tertiary/aromatic N) is 3. The van der Waals surface area contributed by atoms with Crippen LogP contribution >= 0.6 is 11.8 Å². The van der Waals surface area contributed by atoms with E-state index in [4.69, 9.17) is 4.74 Å². The summed E-state index contributed by atoms with van der Waals surface area (Å²) in [5.74, 6) is -1.89. The van der Waals surface area contributed by atoms with Gasteiger partial charge in [-0.2, -0.15) is 0 Å². The van der Waals surface area contributed by atoms with Crippen LogP contribution in [0.15, 0.2) is 48.6 Å². The summed E-state index contributed by atoms with van der Waals surface area (Å²) in [6, 6.07) is 7.34. The van der Waals surface area contributed by atoms with Crippen LogP contribution in [-0.4, -0.2) is 83.2 Å². The van der Waals surface area contributed by atoms with Crippen molar-refractivity contribution in [2.75, 3.05) is 49.2 Å². The summed E-state index contributed by atoms with van der Waals surface area (Å²) >= 11 is 1.58. The first-order chi connectivity index (χ1) is 19.5. The number of esters is 1. The van der Waals surface area contributed by atoms with Crippen LogP contribution in [0, 0.1) is 11.8 Å². The molecular formula is C31H41N3O5S. The molecule has 0 bridgehead atoms. The van der Waals surface area contributed by atoms with Crippen molar-refractivity contribution in [3.8, 4) is 0 Å². The minimum Gasteiger partial charge on any atom is -0.465 e. The third-order valence-corrected chi connectivity index (χ3v) is 10.4. The number of cyclic esters (lactones) is 1. The highest BCUT2D eigenvalue weighted by molar-refractivity contribution is 8.02. The minimum absolute atomic E-state index is 0.0979. The predicted octanol–water partition coefficient (Wildman–Crippen LogP) is 3.79. The lowest BCUT2D eigenvalue weighted by atomic mass is 9.78. The second kappa shape index (κ2) is 12.4. The molecule has 40 heavy (non-hydrogen) atoms. The maximum atomic E-state index is 14.5. The molecule has 4 heterocycles. The molecule has 2 fully saturated rings. The molecule has 4 aliphatic rings. The zero-order valence-corrected chi connectivity index (χ0v) is 24.4. The number of carbonyl (C=O) groups is 3. The van der Waals surface area contributed by atoms with E-state index in [9.17, 15) is 19.5 Å². The van der Waals surface area contributed by atoms with Gasteiger partial charge in [-0.1, -0.05) is 24.3 Å². The Labute approximate surface area is 241 Å². The molecule has 5 rings (SSSR count). The van der Waals surface area contributed by atoms with Gasteiger partial charge in [-0.25, -0.2) is 0 Å². The van der Waals surface area contributed by atoms with Crippen LogP contribution in [0.1, 0.15) is 46.0 Å². The average Bonchev–Trinajstić information content (AvgIpc) is 3.37. The van der Waals surface area contributed by atoms with Crippen molar-refractivity contribution < 1.29 is 24.2 Å². The van der Waals surface area contributed by atoms with Gasteiger partial charge in [0.05, 0.1) is 23.2 Å². The van der Waals surface area contributed by atoms with Crippen molar-refractivity contribution in [1.82, 2.24) is 4.90 Å². The molecule has 8 nitrogen and oxygen atoms in total. The Kier molecular flexibility index (Phi) is 8.90. The Morgan fingerprint density at radius 3 is 2.55 bits per heavy atom. The number of likely N-dealkylation sites (tertiary alicyclic amines) is 1. The quantitative estimate of drug-likeness (QED) is 0.276. The summed E-state index contributed by atoms with van der Waals surface area (Å²) in [5.41, 5.74) is 1.90. The number of anilines is 2. The topological polar surface area (TPSA) is 90.4 Å². The van der Waals surface area contributed by atoms with E-state index >= 15 is 0 Å². The van der Waals surface area contributed by atoms with Crippen LogP contribution in [0.3, 0.4) is 0 Å². The zero-order chi connectivity index (χ0) is 28.3. The van der Waals surface area contributed by atoms with Gasteiger partial charge in [0.2, 0.25) is 5.91 Å². The number of allylic oxidation sites excluding steroid dienone is 1. The van der Waals surface area contributed by atoms with Crippen LogP contribution < -0.4 is 9.80 Å². The van der Waals surface area contributed by atoms with Crippen LogP contribution in [0.25, 0.3) is 0 Å². The summed E-state index contributed by atoms with van der Waals surface area (Å²) in [6.07, 6.45) is 11.8. The number of amides is 2. The number of fused-ring (bicyclic) bond motifs is 2. The van der Waals surface area contributed by atoms with E-state index in [1.165, 1.54) is 0 Å². The van der Waals surface area contributed by atoms with Gasteiger partial charge in [0.25, 0.3) is 5.91 Å². The minimum atomic E-state index is -0.848. The Balaban J connectivity index is 1.52. The van der Waals surface area contributed by atoms with E-state index in [-0.39, 0.29) is 29.6 Å². The largest absolute Gasteiger partial charge is 0.465 e. The monoisotopic (exact) mass is 567 g/mol. The smallest absolute Gasteiger partial charge is 0.311 e. The summed E-state index contributed by atoms with van der Waals surface area (Å²) in [4.78, 5) is 47.8. The van der Waals surface area contributed by atoms with E-state index in [1.807, 2.05) is 36.4 Å². The van der Waals surface area contributed by atoms with E-state index in [0.717, 1.165) is 43.7 Å². The first-order valence-electron chi connectivity index (χ1n) is 14.7. The second-order valence-corrected chi connectivity index (χ2v) is 12.4. The van der Waals surface area contributed by atoms with Crippen molar-refractivity contribution in [3.63, 3.8) is 0 Å². The number of carbonyl (C=O) groups excluding carboxylic acids is 3. The highest BCUT2D eigenvalue weighted by atomic mass is 32.2. The van der Waals surface area contributed by atoms with Crippen molar-refractivity contribution in [1.29, 1.82) is 0 Å². The summed E-state index contributed by atoms with van der Waals surface area (Å²) < 4.78 is 4.79. The molecule has 1 spiro atoms. The molecule has 2 amide bonds. The molecule has 1 aromatic rings. The Morgan fingerprint density at radius 1 is 1.05 bits per heavy atom. The van der Waals surface area contributed by atoms with Gasteiger partial charge >= 0.3 is 5.97 Å². The van der Waals surface area contributed by atoms with Gasteiger partial charge in [0.1, 0.15) is 6.04 Å². The predicted molar refractivity (Wildman–Crippen MR) is 158 cm³/mol. The zero-order valence-electron chi connectivity index (χ0n) is 23.5. The lowest BCUT2D eigenvalue weighted by molar-refractivity contribution is -0.153. The summed E-state index contributed by atoms with van der Waals surface area (Å²) in [6.45, 7) is 7.29. The Hall–Kier alpha value is -2.78. The summed E-state index contributed by atoms with van der Waals surface area (Å²) in [5, 5.41) is 9.04. The van der Waals surface area contributed by atoms with E-state index < -0.39 is 22.6 Å². The lowest BCUT2D eigenvalue weighted by Crippen LogP contribution is -2.53. The SMILES string of the molecule is CCN(CC)c1ccc(N2CC=C[C@]34S[C@H]5/C=C\CCCOC(=O)[C@H]5[C@H]3C(=O)N(CCCCCO)C4C2=O)cc1. The van der Waals surface area contributed by atoms with Gasteiger partial charge in [-0.3, -0.25) is 14.4 Å². The number of aliphatic hydroxyl groups is 1. The van der Waals surface area contributed by atoms with Gasteiger partial charge in [-0.15, -0.1) is 11.8 Å². The van der Waals surface area contributed by atoms with Crippen molar-refractivity contribution in [3.05, 3.63) is 48.6 Å². The van der Waals surface area contributed by atoms with Crippen LogP contribution in [0.4, 0.5) is 11.4 Å². The Morgan fingerprint density at radius 2 is 1.82 bits per heavy atom. The first kappa shape index (κ1) is 28.7. The maximum absolute atomic E-state index is 14.5. The maximum Gasteiger partial charge on any atom is 0.311 e. The molecule has 216 valence electrons. The molecular weight excluding hydrogens is 526 g/mol. The van der Waals surface area contributed by atoms with E-state index in [0.29, 0.717) is 32.5 Å². The number of unbranched alkanes of at least 4 members (excludes halogenated alkanes) is 2. The highest BCUT2D eigenvalue weighted by Gasteiger charge is 2.70. The molecule has 0 aromatic heterocycles. The van der Waals surface area contributed by atoms with Crippen LogP contribution in [-0.2, 0) is 19.1 Å². The highest BCUT2D eigenvalue weighted by Crippen LogP contribution is 2.60. The van der Waals surface area contributed by atoms with Crippen molar-refractivity contribution in [2.45, 2.75) is 62.0 Å². The van der Waals surface area contributed by atoms with E-state index in [2.05, 4.69) is 30.9 Å². The average molecular weight is 568 g/mol. The molecule has 5 atom stereocenters.